The van der Waals surface area contributed by atoms with Crippen LogP contribution in [0, 0.1) is 11.3 Å². The molecular weight excluding hydrogens is 285 g/mol. The first-order valence-corrected chi connectivity index (χ1v) is 5.96. The van der Waals surface area contributed by atoms with E-state index in [1.165, 1.54) is 17.0 Å². The van der Waals surface area contributed by atoms with Gasteiger partial charge in [0.1, 0.15) is 0 Å². The number of carboxylic acids is 1. The van der Waals surface area contributed by atoms with E-state index in [9.17, 15) is 18.0 Å². The molecule has 4 nitrogen and oxygen atoms in total. The van der Waals surface area contributed by atoms with E-state index in [0.717, 1.165) is 12.1 Å². The summed E-state index contributed by atoms with van der Waals surface area (Å²) >= 11 is 0. The molecule has 1 aromatic rings. The third-order valence-corrected chi connectivity index (χ3v) is 2.75. The highest BCUT2D eigenvalue weighted by molar-refractivity contribution is 5.85. The molecule has 0 aliphatic carbocycles. The number of alkyl halides is 3. The number of hydrogen-bond donors (Lipinski definition) is 1. The molecule has 0 unspecified atom stereocenters. The van der Waals surface area contributed by atoms with E-state index in [1.54, 1.807) is 7.05 Å². The van der Waals surface area contributed by atoms with Crippen molar-refractivity contribution in [2.75, 3.05) is 18.5 Å². The van der Waals surface area contributed by atoms with Crippen molar-refractivity contribution in [3.8, 4) is 6.07 Å². The number of anilines is 1. The van der Waals surface area contributed by atoms with Gasteiger partial charge in [-0.1, -0.05) is 6.07 Å². The molecule has 0 aliphatic heterocycles. The number of aliphatic carboxylic acids is 1. The molecule has 0 heterocycles. The maximum absolute atomic E-state index is 13.0. The second-order valence-corrected chi connectivity index (χ2v) is 4.27. The van der Waals surface area contributed by atoms with Crippen LogP contribution >= 0.6 is 0 Å². The number of nitriles is 1. The fourth-order valence-electron chi connectivity index (χ4n) is 1.68. The van der Waals surface area contributed by atoms with Crippen LogP contribution in [0.15, 0.2) is 24.3 Å². The molecule has 0 aromatic heterocycles. The predicted molar refractivity (Wildman–Crippen MR) is 71.6 cm³/mol. The lowest BCUT2D eigenvalue weighted by Crippen LogP contribution is -2.19. The van der Waals surface area contributed by atoms with Gasteiger partial charge in [-0.05, 0) is 23.8 Å². The fraction of sp³-hybridized carbons (Fsp3) is 0.286. The van der Waals surface area contributed by atoms with E-state index < -0.39 is 17.7 Å². The van der Waals surface area contributed by atoms with E-state index in [0.29, 0.717) is 18.3 Å². The van der Waals surface area contributed by atoms with E-state index in [-0.39, 0.29) is 12.0 Å². The van der Waals surface area contributed by atoms with Gasteiger partial charge < -0.3 is 10.0 Å². The molecular formula is C14H13F3N2O2. The number of nitrogens with zero attached hydrogens (tertiary/aromatic N) is 2. The minimum Gasteiger partial charge on any atom is -0.478 e. The molecule has 0 aliphatic rings. The van der Waals surface area contributed by atoms with Crippen LogP contribution in [0.25, 0.3) is 6.08 Å². The standard InChI is InChI=1S/C14H13F3N2O2/c1-19(8-2-7-18)11-5-3-10(4-6-13(20)21)12(9-11)14(15,16)17/h3-6,9H,2,8H2,1H3,(H,20,21)/b6-4+. The van der Waals surface area contributed by atoms with Crippen molar-refractivity contribution in [2.45, 2.75) is 12.6 Å². The molecule has 112 valence electrons. The largest absolute Gasteiger partial charge is 0.478 e. The minimum absolute atomic E-state index is 0.193. The first-order valence-electron chi connectivity index (χ1n) is 5.96. The van der Waals surface area contributed by atoms with Crippen molar-refractivity contribution in [1.82, 2.24) is 0 Å². The summed E-state index contributed by atoms with van der Waals surface area (Å²) in [5.74, 6) is -1.32. The topological polar surface area (TPSA) is 64.3 Å². The van der Waals surface area contributed by atoms with Crippen LogP contribution in [0.1, 0.15) is 17.5 Å². The van der Waals surface area contributed by atoms with Crippen LogP contribution < -0.4 is 4.90 Å². The number of halogens is 3. The smallest absolute Gasteiger partial charge is 0.417 e. The van der Waals surface area contributed by atoms with Crippen LogP contribution in [-0.4, -0.2) is 24.7 Å². The Morgan fingerprint density at radius 3 is 2.67 bits per heavy atom. The number of carbonyl (C=O) groups is 1. The van der Waals surface area contributed by atoms with Crippen molar-refractivity contribution in [1.29, 1.82) is 5.26 Å². The van der Waals surface area contributed by atoms with Crippen molar-refractivity contribution in [2.24, 2.45) is 0 Å². The Balaban J connectivity index is 3.19. The molecule has 0 bridgehead atoms. The maximum Gasteiger partial charge on any atom is 0.417 e. The molecule has 21 heavy (non-hydrogen) atoms. The van der Waals surface area contributed by atoms with Crippen LogP contribution in [0.2, 0.25) is 0 Å². The lowest BCUT2D eigenvalue weighted by Gasteiger charge is -2.20. The summed E-state index contributed by atoms with van der Waals surface area (Å²) < 4.78 is 39.0. The maximum atomic E-state index is 13.0. The SMILES string of the molecule is CN(CCC#N)c1ccc(/C=C/C(=O)O)c(C(F)(F)F)c1. The first kappa shape index (κ1) is 16.6. The molecule has 0 amide bonds. The summed E-state index contributed by atoms with van der Waals surface area (Å²) in [7, 11) is 1.58. The Bertz CT molecular complexity index is 589. The van der Waals surface area contributed by atoms with Crippen LogP contribution in [0.4, 0.5) is 18.9 Å². The average molecular weight is 298 g/mol. The second-order valence-electron chi connectivity index (χ2n) is 4.27. The normalized spacial score (nSPS) is 11.4. The fourth-order valence-corrected chi connectivity index (χ4v) is 1.68. The van der Waals surface area contributed by atoms with E-state index in [2.05, 4.69) is 0 Å². The van der Waals surface area contributed by atoms with Crippen molar-refractivity contribution < 1.29 is 23.1 Å². The molecule has 0 radical (unpaired) electrons. The Morgan fingerprint density at radius 1 is 1.48 bits per heavy atom. The molecule has 0 spiro atoms. The van der Waals surface area contributed by atoms with E-state index in [4.69, 9.17) is 10.4 Å². The second kappa shape index (κ2) is 6.79. The third kappa shape index (κ3) is 4.84. The average Bonchev–Trinajstić information content (AvgIpc) is 2.41. The Labute approximate surface area is 119 Å². The zero-order chi connectivity index (χ0) is 16.0. The predicted octanol–water partition coefficient (Wildman–Crippen LogP) is 3.15. The first-order chi connectivity index (χ1) is 9.75. The van der Waals surface area contributed by atoms with E-state index in [1.807, 2.05) is 6.07 Å². The highest BCUT2D eigenvalue weighted by atomic mass is 19.4. The zero-order valence-electron chi connectivity index (χ0n) is 11.2. The van der Waals surface area contributed by atoms with Crippen molar-refractivity contribution in [3.63, 3.8) is 0 Å². The summed E-state index contributed by atoms with van der Waals surface area (Å²) in [6.45, 7) is 0.304. The van der Waals surface area contributed by atoms with Gasteiger partial charge in [0.25, 0.3) is 0 Å². The van der Waals surface area contributed by atoms with Crippen LogP contribution in [0.5, 0.6) is 0 Å². The number of benzene rings is 1. The van der Waals surface area contributed by atoms with Gasteiger partial charge in [-0.15, -0.1) is 0 Å². The molecule has 1 N–H and O–H groups in total. The van der Waals surface area contributed by atoms with Gasteiger partial charge in [0.05, 0.1) is 18.1 Å². The van der Waals surface area contributed by atoms with Gasteiger partial charge in [-0.3, -0.25) is 0 Å². The zero-order valence-corrected chi connectivity index (χ0v) is 11.2. The molecule has 7 heteroatoms. The molecule has 0 saturated heterocycles. The molecule has 0 fully saturated rings. The highest BCUT2D eigenvalue weighted by Gasteiger charge is 2.33. The van der Waals surface area contributed by atoms with Crippen molar-refractivity contribution >= 4 is 17.7 Å². The number of carboxylic acid groups (broad SMARTS) is 1. The van der Waals surface area contributed by atoms with Gasteiger partial charge in [0.2, 0.25) is 0 Å². The Hall–Kier alpha value is -2.49. The van der Waals surface area contributed by atoms with Gasteiger partial charge in [0, 0.05) is 25.4 Å². The quantitative estimate of drug-likeness (QED) is 0.848. The monoisotopic (exact) mass is 298 g/mol. The van der Waals surface area contributed by atoms with Crippen LogP contribution in [0.3, 0.4) is 0 Å². The summed E-state index contributed by atoms with van der Waals surface area (Å²) in [5, 5.41) is 17.0. The van der Waals surface area contributed by atoms with Gasteiger partial charge in [0.15, 0.2) is 0 Å². The van der Waals surface area contributed by atoms with Crippen molar-refractivity contribution in [3.05, 3.63) is 35.4 Å². The summed E-state index contributed by atoms with van der Waals surface area (Å²) in [4.78, 5) is 12.0. The minimum atomic E-state index is -4.59. The number of rotatable bonds is 5. The lowest BCUT2D eigenvalue weighted by atomic mass is 10.0. The molecule has 0 saturated carbocycles. The van der Waals surface area contributed by atoms with Gasteiger partial charge in [-0.25, -0.2) is 4.79 Å². The molecule has 0 atom stereocenters. The summed E-state index contributed by atoms with van der Waals surface area (Å²) in [6, 6.07) is 5.52. The summed E-state index contributed by atoms with van der Waals surface area (Å²) in [5.41, 5.74) is -0.825. The lowest BCUT2D eigenvalue weighted by molar-refractivity contribution is -0.137. The number of hydrogen-bond acceptors (Lipinski definition) is 3. The summed E-state index contributed by atoms with van der Waals surface area (Å²) in [6.07, 6.45) is -2.84. The highest BCUT2D eigenvalue weighted by Crippen LogP contribution is 2.35. The molecule has 1 aromatic carbocycles. The Morgan fingerprint density at radius 2 is 2.14 bits per heavy atom. The van der Waals surface area contributed by atoms with Gasteiger partial charge >= 0.3 is 12.1 Å². The Kier molecular flexibility index (Phi) is 5.36. The molecule has 1 rings (SSSR count). The van der Waals surface area contributed by atoms with Gasteiger partial charge in [-0.2, -0.15) is 18.4 Å². The third-order valence-electron chi connectivity index (χ3n) is 2.75. The van der Waals surface area contributed by atoms with E-state index >= 15 is 0 Å². The van der Waals surface area contributed by atoms with Crippen LogP contribution in [-0.2, 0) is 11.0 Å².